The van der Waals surface area contributed by atoms with E-state index < -0.39 is 11.9 Å². The van der Waals surface area contributed by atoms with Gasteiger partial charge in [0.2, 0.25) is 11.8 Å². The van der Waals surface area contributed by atoms with Crippen molar-refractivity contribution in [1.29, 1.82) is 0 Å². The van der Waals surface area contributed by atoms with Gasteiger partial charge in [0.1, 0.15) is 11.9 Å². The largest absolute Gasteiger partial charge is 0.370 e. The Balaban J connectivity index is 1.73. The van der Waals surface area contributed by atoms with Gasteiger partial charge in [0.05, 0.1) is 27.6 Å². The zero-order valence-corrected chi connectivity index (χ0v) is 17.5. The predicted molar refractivity (Wildman–Crippen MR) is 116 cm³/mol. The summed E-state index contributed by atoms with van der Waals surface area (Å²) in [5.74, 6) is 0.0196. The minimum Gasteiger partial charge on any atom is -0.370 e. The molecule has 3 N–H and O–H groups in total. The van der Waals surface area contributed by atoms with Crippen LogP contribution in [0.4, 0.5) is 5.82 Å². The Morgan fingerprint density at radius 2 is 2.13 bits per heavy atom. The number of hydrogen-bond donors (Lipinski definition) is 2. The number of fused-ring (bicyclic) bond motifs is 1. The average molecular weight is 447 g/mol. The molecule has 156 valence electrons. The molecule has 1 aliphatic rings. The fourth-order valence-electron chi connectivity index (χ4n) is 3.71. The molecule has 0 spiro atoms. The molecule has 3 heterocycles. The molecule has 2 aromatic heterocycles. The molecule has 10 heteroatoms. The first-order valence-electron chi connectivity index (χ1n) is 9.55. The molecule has 1 aromatic carbocycles. The third kappa shape index (κ3) is 3.93. The van der Waals surface area contributed by atoms with E-state index in [1.807, 2.05) is 27.8 Å². The van der Waals surface area contributed by atoms with Gasteiger partial charge in [-0.05, 0) is 25.0 Å². The van der Waals surface area contributed by atoms with E-state index in [4.69, 9.17) is 33.9 Å². The van der Waals surface area contributed by atoms with Crippen LogP contribution < -0.4 is 16.0 Å². The van der Waals surface area contributed by atoms with Crippen molar-refractivity contribution < 1.29 is 9.59 Å². The maximum Gasteiger partial charge on any atom is 0.242 e. The van der Waals surface area contributed by atoms with Gasteiger partial charge in [-0.2, -0.15) is 0 Å². The fourth-order valence-corrected chi connectivity index (χ4v) is 4.06. The van der Waals surface area contributed by atoms with Crippen LogP contribution in [0.5, 0.6) is 0 Å². The molecule has 2 amide bonds. The van der Waals surface area contributed by atoms with Crippen LogP contribution in [-0.4, -0.2) is 45.5 Å². The lowest BCUT2D eigenvalue weighted by Crippen LogP contribution is -2.44. The summed E-state index contributed by atoms with van der Waals surface area (Å²) in [5.41, 5.74) is 6.55. The second-order valence-corrected chi connectivity index (χ2v) is 7.87. The summed E-state index contributed by atoms with van der Waals surface area (Å²) in [6.07, 6.45) is 6.85. The van der Waals surface area contributed by atoms with Gasteiger partial charge in [-0.25, -0.2) is 9.97 Å². The van der Waals surface area contributed by atoms with Crippen molar-refractivity contribution in [3.63, 3.8) is 0 Å². The number of anilines is 1. The lowest BCUT2D eigenvalue weighted by molar-refractivity contribution is -0.122. The maximum atomic E-state index is 12.7. The van der Waals surface area contributed by atoms with Crippen LogP contribution in [0.1, 0.15) is 19.3 Å². The van der Waals surface area contributed by atoms with Crippen molar-refractivity contribution in [2.45, 2.75) is 25.3 Å². The van der Waals surface area contributed by atoms with Crippen LogP contribution in [0.15, 0.2) is 36.9 Å². The third-order valence-electron chi connectivity index (χ3n) is 5.14. The van der Waals surface area contributed by atoms with E-state index in [1.165, 1.54) is 0 Å². The average Bonchev–Trinajstić information content (AvgIpc) is 3.42. The van der Waals surface area contributed by atoms with Crippen LogP contribution in [0, 0.1) is 0 Å². The first kappa shape index (κ1) is 20.4. The van der Waals surface area contributed by atoms with Crippen molar-refractivity contribution in [2.75, 3.05) is 18.0 Å². The predicted octanol–water partition coefficient (Wildman–Crippen LogP) is 2.69. The van der Waals surface area contributed by atoms with Gasteiger partial charge in [-0.15, -0.1) is 0 Å². The standard InChI is InChI=1S/C20H20Cl2N6O2/c21-13-4-3-12-15(27-9-7-24-11-27)10-17(26-19(12)18(13)22)28-8-1-2-14(28)20(30)25-6-5-16(23)29/h3-4,7,9-11,14H,1-2,5-6,8H2,(H2,23,29)(H,25,30)/t14-/m0/s1. The zero-order chi connectivity index (χ0) is 21.3. The second-order valence-electron chi connectivity index (χ2n) is 7.09. The number of benzene rings is 1. The van der Waals surface area contributed by atoms with Crippen LogP contribution in [-0.2, 0) is 9.59 Å². The number of hydrogen-bond acceptors (Lipinski definition) is 5. The second kappa shape index (κ2) is 8.49. The van der Waals surface area contributed by atoms with Gasteiger partial charge in [-0.3, -0.25) is 9.59 Å². The minimum absolute atomic E-state index is 0.103. The number of nitrogens with zero attached hydrogens (tertiary/aromatic N) is 4. The molecular weight excluding hydrogens is 427 g/mol. The molecule has 0 aliphatic carbocycles. The number of rotatable bonds is 6. The molecule has 8 nitrogen and oxygen atoms in total. The van der Waals surface area contributed by atoms with Crippen LogP contribution in [0.25, 0.3) is 16.6 Å². The number of halogens is 2. The first-order valence-corrected chi connectivity index (χ1v) is 10.3. The van der Waals surface area contributed by atoms with Crippen molar-refractivity contribution in [2.24, 2.45) is 5.73 Å². The van der Waals surface area contributed by atoms with E-state index in [2.05, 4.69) is 10.3 Å². The Morgan fingerprint density at radius 3 is 2.87 bits per heavy atom. The number of primary amides is 1. The molecule has 1 atom stereocenters. The van der Waals surface area contributed by atoms with E-state index in [0.717, 1.165) is 17.5 Å². The Labute approximate surface area is 183 Å². The van der Waals surface area contributed by atoms with E-state index in [0.29, 0.717) is 34.3 Å². The molecular formula is C20H20Cl2N6O2. The molecule has 1 fully saturated rings. The summed E-state index contributed by atoms with van der Waals surface area (Å²) in [5, 5.41) is 4.38. The number of imidazole rings is 1. The molecule has 3 aromatic rings. The summed E-state index contributed by atoms with van der Waals surface area (Å²) in [6, 6.07) is 5.13. The Bertz CT molecular complexity index is 1100. The lowest BCUT2D eigenvalue weighted by atomic mass is 10.1. The first-order chi connectivity index (χ1) is 14.5. The molecule has 0 bridgehead atoms. The molecule has 0 unspecified atom stereocenters. The molecule has 4 rings (SSSR count). The fraction of sp³-hybridized carbons (Fsp3) is 0.300. The number of aromatic nitrogens is 3. The molecule has 0 saturated carbocycles. The smallest absolute Gasteiger partial charge is 0.242 e. The molecule has 30 heavy (non-hydrogen) atoms. The van der Waals surface area contributed by atoms with Crippen molar-refractivity contribution in [1.82, 2.24) is 19.9 Å². The van der Waals surface area contributed by atoms with E-state index in [1.54, 1.807) is 18.6 Å². The van der Waals surface area contributed by atoms with Crippen LogP contribution in [0.3, 0.4) is 0 Å². The topological polar surface area (TPSA) is 106 Å². The summed E-state index contributed by atoms with van der Waals surface area (Å²) in [7, 11) is 0. The Kier molecular flexibility index (Phi) is 5.78. The number of nitrogens with one attached hydrogen (secondary N) is 1. The highest BCUT2D eigenvalue weighted by atomic mass is 35.5. The highest BCUT2D eigenvalue weighted by Gasteiger charge is 2.32. The molecule has 1 saturated heterocycles. The molecule has 1 aliphatic heterocycles. The Morgan fingerprint density at radius 1 is 1.30 bits per heavy atom. The zero-order valence-electron chi connectivity index (χ0n) is 16.0. The van der Waals surface area contributed by atoms with Gasteiger partial charge in [0, 0.05) is 43.4 Å². The number of pyridine rings is 1. The van der Waals surface area contributed by atoms with Crippen molar-refractivity contribution in [3.05, 3.63) is 47.0 Å². The summed E-state index contributed by atoms with van der Waals surface area (Å²) >= 11 is 12.7. The molecule has 0 radical (unpaired) electrons. The van der Waals surface area contributed by atoms with E-state index in [9.17, 15) is 9.59 Å². The monoisotopic (exact) mass is 446 g/mol. The summed E-state index contributed by atoms with van der Waals surface area (Å²) < 4.78 is 1.87. The van der Waals surface area contributed by atoms with Crippen LogP contribution in [0.2, 0.25) is 10.0 Å². The Hall–Kier alpha value is -2.84. The van der Waals surface area contributed by atoms with Crippen molar-refractivity contribution in [3.8, 4) is 5.69 Å². The third-order valence-corrected chi connectivity index (χ3v) is 5.93. The summed E-state index contributed by atoms with van der Waals surface area (Å²) in [6.45, 7) is 0.888. The van der Waals surface area contributed by atoms with Gasteiger partial charge < -0.3 is 20.5 Å². The lowest BCUT2D eigenvalue weighted by Gasteiger charge is -2.26. The number of nitrogens with two attached hydrogens (primary N) is 1. The number of carbonyl (C=O) groups is 2. The normalized spacial score (nSPS) is 16.2. The van der Waals surface area contributed by atoms with Crippen molar-refractivity contribution >= 4 is 51.7 Å². The summed E-state index contributed by atoms with van der Waals surface area (Å²) in [4.78, 5) is 34.5. The van der Waals surface area contributed by atoms with Crippen LogP contribution >= 0.6 is 23.2 Å². The highest BCUT2D eigenvalue weighted by Crippen LogP contribution is 2.36. The SMILES string of the molecule is NC(=O)CCNC(=O)[C@@H]1CCCN1c1cc(-n2ccnc2)c2ccc(Cl)c(Cl)c2n1. The maximum absolute atomic E-state index is 12.7. The highest BCUT2D eigenvalue weighted by molar-refractivity contribution is 6.45. The minimum atomic E-state index is -0.453. The number of amides is 2. The van der Waals surface area contributed by atoms with Gasteiger partial charge >= 0.3 is 0 Å². The quantitative estimate of drug-likeness (QED) is 0.605. The van der Waals surface area contributed by atoms with E-state index in [-0.39, 0.29) is 18.9 Å². The van der Waals surface area contributed by atoms with E-state index >= 15 is 0 Å². The van der Waals surface area contributed by atoms with Gasteiger partial charge in [-0.1, -0.05) is 23.2 Å². The van der Waals surface area contributed by atoms with Gasteiger partial charge in [0.25, 0.3) is 0 Å². The number of carbonyl (C=O) groups excluding carboxylic acids is 2. The van der Waals surface area contributed by atoms with Gasteiger partial charge in [0.15, 0.2) is 0 Å².